The first-order chi connectivity index (χ1) is 17.4. The van der Waals surface area contributed by atoms with Crippen molar-refractivity contribution >= 4 is 23.4 Å². The quantitative estimate of drug-likeness (QED) is 0.345. The molecule has 8 nitrogen and oxygen atoms in total. The number of thiazole rings is 1. The Morgan fingerprint density at radius 1 is 1.08 bits per heavy atom. The lowest BCUT2D eigenvalue weighted by Crippen LogP contribution is -2.39. The summed E-state index contributed by atoms with van der Waals surface area (Å²) in [4.78, 5) is 31.9. The maximum absolute atomic E-state index is 13.7. The second kappa shape index (κ2) is 10.7. The Labute approximate surface area is 212 Å². The molecular formula is C27H26N2O6S. The first kappa shape index (κ1) is 25.0. The number of allylic oxidation sites excluding steroid dienone is 1. The van der Waals surface area contributed by atoms with Crippen LogP contribution in [0.15, 0.2) is 76.2 Å². The van der Waals surface area contributed by atoms with E-state index >= 15 is 0 Å². The molecule has 1 unspecified atom stereocenters. The van der Waals surface area contributed by atoms with Gasteiger partial charge in [0.1, 0.15) is 12.4 Å². The minimum absolute atomic E-state index is 0.0503. The van der Waals surface area contributed by atoms with Crippen LogP contribution in [-0.2, 0) is 9.53 Å². The van der Waals surface area contributed by atoms with Crippen LogP contribution in [0.1, 0.15) is 24.1 Å². The van der Waals surface area contributed by atoms with Crippen molar-refractivity contribution in [3.05, 3.63) is 97.2 Å². The van der Waals surface area contributed by atoms with Crippen LogP contribution in [0, 0.1) is 0 Å². The molecule has 0 radical (unpaired) electrons. The third-order valence-corrected chi connectivity index (χ3v) is 6.69. The number of aromatic nitrogens is 1. The van der Waals surface area contributed by atoms with Gasteiger partial charge in [-0.25, -0.2) is 9.79 Å². The van der Waals surface area contributed by atoms with Crippen molar-refractivity contribution in [2.24, 2.45) is 4.99 Å². The van der Waals surface area contributed by atoms with Crippen LogP contribution in [0.25, 0.3) is 6.08 Å². The molecule has 0 N–H and O–H groups in total. The molecule has 0 saturated carbocycles. The van der Waals surface area contributed by atoms with Crippen molar-refractivity contribution in [2.45, 2.75) is 13.0 Å². The third-order valence-electron chi connectivity index (χ3n) is 5.71. The first-order valence-corrected chi connectivity index (χ1v) is 11.9. The van der Waals surface area contributed by atoms with Gasteiger partial charge in [-0.15, -0.1) is 0 Å². The second-order valence-electron chi connectivity index (χ2n) is 7.86. The maximum Gasteiger partial charge on any atom is 0.338 e. The van der Waals surface area contributed by atoms with Gasteiger partial charge in [-0.3, -0.25) is 9.36 Å². The van der Waals surface area contributed by atoms with E-state index in [9.17, 15) is 9.59 Å². The molecule has 4 rings (SSSR count). The van der Waals surface area contributed by atoms with E-state index in [1.807, 2.05) is 18.2 Å². The molecule has 36 heavy (non-hydrogen) atoms. The molecule has 1 aliphatic rings. The van der Waals surface area contributed by atoms with Gasteiger partial charge < -0.3 is 18.9 Å². The van der Waals surface area contributed by atoms with Crippen molar-refractivity contribution < 1.29 is 23.7 Å². The lowest BCUT2D eigenvalue weighted by atomic mass is 9.96. The molecule has 2 aromatic carbocycles. The van der Waals surface area contributed by atoms with Crippen LogP contribution < -0.4 is 29.1 Å². The number of rotatable bonds is 8. The highest BCUT2D eigenvalue weighted by Gasteiger charge is 2.33. The normalized spacial score (nSPS) is 15.1. The van der Waals surface area contributed by atoms with E-state index in [1.54, 1.807) is 58.6 Å². The van der Waals surface area contributed by atoms with Gasteiger partial charge in [0.05, 0.1) is 43.2 Å². The first-order valence-electron chi connectivity index (χ1n) is 11.1. The fourth-order valence-electron chi connectivity index (χ4n) is 3.99. The molecule has 2 heterocycles. The molecule has 0 fully saturated rings. The lowest BCUT2D eigenvalue weighted by Gasteiger charge is -2.24. The topological polar surface area (TPSA) is 88.4 Å². The Balaban J connectivity index is 1.90. The van der Waals surface area contributed by atoms with E-state index in [4.69, 9.17) is 18.9 Å². The molecule has 0 spiro atoms. The Hall–Kier alpha value is -4.11. The zero-order chi connectivity index (χ0) is 25.8. The van der Waals surface area contributed by atoms with Crippen LogP contribution in [0.2, 0.25) is 0 Å². The molecular weight excluding hydrogens is 480 g/mol. The van der Waals surface area contributed by atoms with Gasteiger partial charge in [0, 0.05) is 0 Å². The van der Waals surface area contributed by atoms with Gasteiger partial charge in [0.15, 0.2) is 16.3 Å². The number of benzene rings is 2. The summed E-state index contributed by atoms with van der Waals surface area (Å²) in [5, 5.41) is 0. The standard InChI is InChI=1S/C27H26N2O6S/c1-6-13-35-26(31)23-16(2)28-27-29(24(23)18-8-10-19(32-3)11-9-18)25(30)22(36-27)15-17-7-12-20(33-4)21(14-17)34-5/h6-12,14-15,24H,1,13H2,2-5H3/b22-15-. The molecule has 1 atom stereocenters. The third kappa shape index (κ3) is 4.70. The van der Waals surface area contributed by atoms with Gasteiger partial charge in [-0.2, -0.15) is 0 Å². The minimum atomic E-state index is -0.711. The van der Waals surface area contributed by atoms with Crippen molar-refractivity contribution in [1.29, 1.82) is 0 Å². The predicted molar refractivity (Wildman–Crippen MR) is 137 cm³/mol. The number of hydrogen-bond donors (Lipinski definition) is 0. The Kier molecular flexibility index (Phi) is 7.40. The zero-order valence-corrected chi connectivity index (χ0v) is 21.3. The van der Waals surface area contributed by atoms with Crippen LogP contribution in [0.3, 0.4) is 0 Å². The summed E-state index contributed by atoms with van der Waals surface area (Å²) >= 11 is 1.25. The zero-order valence-electron chi connectivity index (χ0n) is 20.4. The van der Waals surface area contributed by atoms with Crippen LogP contribution in [-0.4, -0.2) is 38.5 Å². The molecule has 9 heteroatoms. The van der Waals surface area contributed by atoms with Gasteiger partial charge in [0.25, 0.3) is 5.56 Å². The van der Waals surface area contributed by atoms with E-state index in [-0.39, 0.29) is 12.2 Å². The number of methoxy groups -OCH3 is 3. The fraction of sp³-hybridized carbons (Fsp3) is 0.222. The second-order valence-corrected chi connectivity index (χ2v) is 8.87. The highest BCUT2D eigenvalue weighted by atomic mass is 32.1. The molecule has 0 bridgehead atoms. The Morgan fingerprint density at radius 3 is 2.44 bits per heavy atom. The maximum atomic E-state index is 13.7. The number of carbonyl (C=O) groups is 1. The number of esters is 1. The van der Waals surface area contributed by atoms with Crippen LogP contribution in [0.5, 0.6) is 17.2 Å². The molecule has 186 valence electrons. The van der Waals surface area contributed by atoms with E-state index in [2.05, 4.69) is 11.6 Å². The fourth-order valence-corrected chi connectivity index (χ4v) is 5.04. The number of nitrogens with zero attached hydrogens (tertiary/aromatic N) is 2. The van der Waals surface area contributed by atoms with E-state index in [0.29, 0.717) is 37.9 Å². The van der Waals surface area contributed by atoms with Crippen molar-refractivity contribution in [3.8, 4) is 17.2 Å². The van der Waals surface area contributed by atoms with Crippen LogP contribution >= 0.6 is 11.3 Å². The highest BCUT2D eigenvalue weighted by molar-refractivity contribution is 7.07. The van der Waals surface area contributed by atoms with E-state index in [1.165, 1.54) is 22.0 Å². The summed E-state index contributed by atoms with van der Waals surface area (Å²) in [6.07, 6.45) is 3.26. The summed E-state index contributed by atoms with van der Waals surface area (Å²) in [5.74, 6) is 1.26. The molecule has 0 aliphatic carbocycles. The number of carbonyl (C=O) groups excluding carboxylic acids is 1. The minimum Gasteiger partial charge on any atom is -0.497 e. The average Bonchev–Trinajstić information content (AvgIpc) is 3.20. The van der Waals surface area contributed by atoms with E-state index in [0.717, 1.165) is 11.1 Å². The number of fused-ring (bicyclic) bond motifs is 1. The Bertz CT molecular complexity index is 1520. The average molecular weight is 507 g/mol. The molecule has 0 saturated heterocycles. The van der Waals surface area contributed by atoms with Gasteiger partial charge in [-0.1, -0.05) is 42.2 Å². The largest absolute Gasteiger partial charge is 0.497 e. The summed E-state index contributed by atoms with van der Waals surface area (Å²) in [5.41, 5.74) is 2.02. The van der Waals surface area contributed by atoms with Crippen LogP contribution in [0.4, 0.5) is 0 Å². The smallest absolute Gasteiger partial charge is 0.338 e. The monoisotopic (exact) mass is 506 g/mol. The van der Waals surface area contributed by atoms with Gasteiger partial charge in [-0.05, 0) is 48.4 Å². The Morgan fingerprint density at radius 2 is 1.81 bits per heavy atom. The van der Waals surface area contributed by atoms with Gasteiger partial charge >= 0.3 is 5.97 Å². The lowest BCUT2D eigenvalue weighted by molar-refractivity contribution is -0.138. The summed E-state index contributed by atoms with van der Waals surface area (Å²) in [7, 11) is 4.70. The molecule has 3 aromatic rings. The van der Waals surface area contributed by atoms with Gasteiger partial charge in [0.2, 0.25) is 0 Å². The summed E-state index contributed by atoms with van der Waals surface area (Å²) in [6.45, 7) is 5.40. The number of ether oxygens (including phenoxy) is 4. The predicted octanol–water partition coefficient (Wildman–Crippen LogP) is 2.99. The van der Waals surface area contributed by atoms with Crippen molar-refractivity contribution in [1.82, 2.24) is 4.57 Å². The summed E-state index contributed by atoms with van der Waals surface area (Å²) < 4.78 is 23.3. The van der Waals surface area contributed by atoms with Crippen molar-refractivity contribution in [3.63, 3.8) is 0 Å². The molecule has 0 amide bonds. The number of hydrogen-bond acceptors (Lipinski definition) is 8. The highest BCUT2D eigenvalue weighted by Crippen LogP contribution is 2.32. The molecule has 1 aromatic heterocycles. The van der Waals surface area contributed by atoms with Crippen molar-refractivity contribution in [2.75, 3.05) is 27.9 Å². The molecule has 1 aliphatic heterocycles. The SMILES string of the molecule is C=CCOC(=O)C1=C(C)N=c2s/c(=C\c3ccc(OC)c(OC)c3)c(=O)n2C1c1ccc(OC)cc1. The summed E-state index contributed by atoms with van der Waals surface area (Å²) in [6, 6.07) is 11.9. The van der Waals surface area contributed by atoms with E-state index < -0.39 is 12.0 Å².